The lowest BCUT2D eigenvalue weighted by molar-refractivity contribution is 0.624. The van der Waals surface area contributed by atoms with E-state index in [0.29, 0.717) is 0 Å². The van der Waals surface area contributed by atoms with E-state index in [1.54, 1.807) is 0 Å². The van der Waals surface area contributed by atoms with Crippen LogP contribution in [-0.4, -0.2) is 15.6 Å². The van der Waals surface area contributed by atoms with E-state index < -0.39 is 0 Å². The molecular weight excluding hydrogens is 258 g/mol. The SMILES string of the molecule is Cc1ccccc1CC(N)Cc1nc2ccccc2n1C. The molecule has 2 aromatic carbocycles. The second-order valence-electron chi connectivity index (χ2n) is 5.67. The maximum Gasteiger partial charge on any atom is 0.111 e. The molecular formula is C18H21N3. The van der Waals surface area contributed by atoms with Gasteiger partial charge in [0.1, 0.15) is 5.82 Å². The van der Waals surface area contributed by atoms with Crippen LogP contribution in [0.4, 0.5) is 0 Å². The molecule has 0 aliphatic heterocycles. The molecule has 1 atom stereocenters. The van der Waals surface area contributed by atoms with Crippen molar-refractivity contribution in [2.24, 2.45) is 12.8 Å². The van der Waals surface area contributed by atoms with Crippen LogP contribution < -0.4 is 5.73 Å². The summed E-state index contributed by atoms with van der Waals surface area (Å²) in [5, 5.41) is 0. The number of aromatic nitrogens is 2. The molecule has 0 bridgehead atoms. The van der Waals surface area contributed by atoms with Gasteiger partial charge in [0.25, 0.3) is 0 Å². The van der Waals surface area contributed by atoms with Crippen LogP contribution in [-0.2, 0) is 19.9 Å². The van der Waals surface area contributed by atoms with Crippen LogP contribution in [0, 0.1) is 6.92 Å². The maximum absolute atomic E-state index is 6.34. The zero-order valence-electron chi connectivity index (χ0n) is 12.6. The van der Waals surface area contributed by atoms with Gasteiger partial charge in [-0.2, -0.15) is 0 Å². The Morgan fingerprint density at radius 3 is 2.52 bits per heavy atom. The van der Waals surface area contributed by atoms with Crippen molar-refractivity contribution in [3.05, 3.63) is 65.5 Å². The Hall–Kier alpha value is -2.13. The number of benzene rings is 2. The Balaban J connectivity index is 1.79. The number of imidazole rings is 1. The summed E-state index contributed by atoms with van der Waals surface area (Å²) in [6.45, 7) is 2.14. The van der Waals surface area contributed by atoms with Crippen LogP contribution in [0.3, 0.4) is 0 Å². The highest BCUT2D eigenvalue weighted by Crippen LogP contribution is 2.16. The number of para-hydroxylation sites is 2. The third kappa shape index (κ3) is 2.83. The first kappa shape index (κ1) is 13.8. The largest absolute Gasteiger partial charge is 0.331 e. The van der Waals surface area contributed by atoms with Crippen LogP contribution in [0.2, 0.25) is 0 Å². The van der Waals surface area contributed by atoms with Crippen molar-refractivity contribution in [2.45, 2.75) is 25.8 Å². The minimum absolute atomic E-state index is 0.0848. The van der Waals surface area contributed by atoms with Crippen molar-refractivity contribution in [1.29, 1.82) is 0 Å². The fourth-order valence-electron chi connectivity index (χ4n) is 2.81. The number of fused-ring (bicyclic) bond motifs is 1. The Morgan fingerprint density at radius 1 is 1.05 bits per heavy atom. The Kier molecular flexibility index (Phi) is 3.76. The molecule has 3 rings (SSSR count). The van der Waals surface area contributed by atoms with Crippen molar-refractivity contribution in [1.82, 2.24) is 9.55 Å². The Bertz CT molecular complexity index is 758. The van der Waals surface area contributed by atoms with E-state index in [4.69, 9.17) is 10.7 Å². The zero-order valence-corrected chi connectivity index (χ0v) is 12.6. The van der Waals surface area contributed by atoms with Crippen molar-refractivity contribution in [3.63, 3.8) is 0 Å². The molecule has 3 nitrogen and oxygen atoms in total. The second kappa shape index (κ2) is 5.70. The van der Waals surface area contributed by atoms with Gasteiger partial charge in [-0.25, -0.2) is 4.98 Å². The molecule has 3 heteroatoms. The van der Waals surface area contributed by atoms with Gasteiger partial charge in [-0.3, -0.25) is 0 Å². The molecule has 0 saturated heterocycles. The van der Waals surface area contributed by atoms with E-state index in [1.165, 1.54) is 11.1 Å². The molecule has 3 aromatic rings. The first-order valence-corrected chi connectivity index (χ1v) is 7.35. The number of nitrogens with zero attached hydrogens (tertiary/aromatic N) is 2. The number of hydrogen-bond acceptors (Lipinski definition) is 2. The van der Waals surface area contributed by atoms with Gasteiger partial charge in [0, 0.05) is 19.5 Å². The number of aryl methyl sites for hydroxylation is 2. The predicted octanol–water partition coefficient (Wildman–Crippen LogP) is 2.99. The molecule has 21 heavy (non-hydrogen) atoms. The molecule has 108 valence electrons. The van der Waals surface area contributed by atoms with Gasteiger partial charge in [0.05, 0.1) is 11.0 Å². The highest BCUT2D eigenvalue weighted by molar-refractivity contribution is 5.75. The quantitative estimate of drug-likeness (QED) is 0.798. The lowest BCUT2D eigenvalue weighted by Crippen LogP contribution is -2.27. The Labute approximate surface area is 125 Å². The van der Waals surface area contributed by atoms with Crippen molar-refractivity contribution in [2.75, 3.05) is 0 Å². The van der Waals surface area contributed by atoms with Gasteiger partial charge < -0.3 is 10.3 Å². The smallest absolute Gasteiger partial charge is 0.111 e. The number of nitrogens with two attached hydrogens (primary N) is 1. The topological polar surface area (TPSA) is 43.8 Å². The van der Waals surface area contributed by atoms with Gasteiger partial charge in [-0.1, -0.05) is 36.4 Å². The second-order valence-corrected chi connectivity index (χ2v) is 5.67. The average molecular weight is 279 g/mol. The highest BCUT2D eigenvalue weighted by Gasteiger charge is 2.12. The molecule has 1 heterocycles. The van der Waals surface area contributed by atoms with E-state index in [1.807, 2.05) is 18.2 Å². The lowest BCUT2D eigenvalue weighted by atomic mass is 10.00. The summed E-state index contributed by atoms with van der Waals surface area (Å²) in [7, 11) is 2.06. The predicted molar refractivity (Wildman–Crippen MR) is 87.3 cm³/mol. The van der Waals surface area contributed by atoms with Gasteiger partial charge in [-0.15, -0.1) is 0 Å². The average Bonchev–Trinajstić information content (AvgIpc) is 2.78. The van der Waals surface area contributed by atoms with E-state index >= 15 is 0 Å². The molecule has 1 aromatic heterocycles. The van der Waals surface area contributed by atoms with Crippen LogP contribution in [0.25, 0.3) is 11.0 Å². The minimum atomic E-state index is 0.0848. The highest BCUT2D eigenvalue weighted by atomic mass is 15.1. The Morgan fingerprint density at radius 2 is 1.76 bits per heavy atom. The fraction of sp³-hybridized carbons (Fsp3) is 0.278. The molecule has 1 unspecified atom stereocenters. The van der Waals surface area contributed by atoms with Crippen LogP contribution in [0.15, 0.2) is 48.5 Å². The van der Waals surface area contributed by atoms with E-state index in [2.05, 4.69) is 48.9 Å². The standard InChI is InChI=1S/C18H21N3/c1-13-7-3-4-8-14(13)11-15(19)12-18-20-16-9-5-6-10-17(16)21(18)2/h3-10,15H,11-12,19H2,1-2H3. The maximum atomic E-state index is 6.34. The summed E-state index contributed by atoms with van der Waals surface area (Å²) < 4.78 is 2.15. The van der Waals surface area contributed by atoms with Crippen LogP contribution >= 0.6 is 0 Å². The summed E-state index contributed by atoms with van der Waals surface area (Å²) in [4.78, 5) is 4.70. The molecule has 0 aliphatic carbocycles. The molecule has 0 amide bonds. The molecule has 0 fully saturated rings. The third-order valence-corrected chi connectivity index (χ3v) is 4.07. The summed E-state index contributed by atoms with van der Waals surface area (Å²) in [6.07, 6.45) is 1.68. The first-order chi connectivity index (χ1) is 10.1. The normalized spacial score (nSPS) is 12.7. The first-order valence-electron chi connectivity index (χ1n) is 7.35. The van der Waals surface area contributed by atoms with Crippen molar-refractivity contribution >= 4 is 11.0 Å². The number of rotatable bonds is 4. The monoisotopic (exact) mass is 279 g/mol. The van der Waals surface area contributed by atoms with Crippen molar-refractivity contribution < 1.29 is 0 Å². The van der Waals surface area contributed by atoms with E-state index in [9.17, 15) is 0 Å². The van der Waals surface area contributed by atoms with Crippen molar-refractivity contribution in [3.8, 4) is 0 Å². The summed E-state index contributed by atoms with van der Waals surface area (Å²) in [5.41, 5.74) is 11.2. The molecule has 0 saturated carbocycles. The van der Waals surface area contributed by atoms with Gasteiger partial charge >= 0.3 is 0 Å². The van der Waals surface area contributed by atoms with Gasteiger partial charge in [-0.05, 0) is 36.6 Å². The third-order valence-electron chi connectivity index (χ3n) is 4.07. The van der Waals surface area contributed by atoms with Gasteiger partial charge in [0.2, 0.25) is 0 Å². The fourth-order valence-corrected chi connectivity index (χ4v) is 2.81. The number of hydrogen-bond donors (Lipinski definition) is 1. The molecule has 0 aliphatic rings. The summed E-state index contributed by atoms with van der Waals surface area (Å²) >= 11 is 0. The van der Waals surface area contributed by atoms with E-state index in [0.717, 1.165) is 29.7 Å². The summed E-state index contributed by atoms with van der Waals surface area (Å²) in [6, 6.07) is 16.7. The van der Waals surface area contributed by atoms with Gasteiger partial charge in [0.15, 0.2) is 0 Å². The van der Waals surface area contributed by atoms with E-state index in [-0.39, 0.29) is 6.04 Å². The summed E-state index contributed by atoms with van der Waals surface area (Å²) in [5.74, 6) is 1.05. The molecule has 0 radical (unpaired) electrons. The minimum Gasteiger partial charge on any atom is -0.331 e. The van der Waals surface area contributed by atoms with Crippen LogP contribution in [0.1, 0.15) is 17.0 Å². The van der Waals surface area contributed by atoms with Crippen LogP contribution in [0.5, 0.6) is 0 Å². The molecule has 0 spiro atoms. The molecule has 2 N–H and O–H groups in total. The lowest BCUT2D eigenvalue weighted by Gasteiger charge is -2.13. The zero-order chi connectivity index (χ0) is 14.8.